The molecule has 0 radical (unpaired) electrons. The third-order valence-electron chi connectivity index (χ3n) is 2.29. The van der Waals surface area contributed by atoms with E-state index in [9.17, 15) is 13.2 Å². The van der Waals surface area contributed by atoms with Gasteiger partial charge in [-0.05, 0) is 19.4 Å². The van der Waals surface area contributed by atoms with Crippen LogP contribution in [0.3, 0.4) is 0 Å². The summed E-state index contributed by atoms with van der Waals surface area (Å²) in [6.45, 7) is 1.28. The summed E-state index contributed by atoms with van der Waals surface area (Å²) in [4.78, 5) is 3.80. The first-order valence-corrected chi connectivity index (χ1v) is 5.82. The first-order chi connectivity index (χ1) is 8.90. The molecule has 0 fully saturated rings. The zero-order valence-electron chi connectivity index (χ0n) is 10.8. The van der Waals surface area contributed by atoms with Crippen LogP contribution >= 0.6 is 0 Å². The number of aromatic nitrogens is 1. The Balaban J connectivity index is 2.43. The molecule has 108 valence electrons. The lowest BCUT2D eigenvalue weighted by atomic mass is 10.2. The van der Waals surface area contributed by atoms with Gasteiger partial charge in [-0.25, -0.2) is 4.98 Å². The molecule has 0 aliphatic carbocycles. The van der Waals surface area contributed by atoms with E-state index < -0.39 is 12.8 Å². The van der Waals surface area contributed by atoms with Crippen LogP contribution in [0, 0.1) is 0 Å². The summed E-state index contributed by atoms with van der Waals surface area (Å²) in [6.07, 6.45) is -2.09. The standard InChI is InChI=1S/C12H17F3N2O2/c1-9(5-6-18-2)17-10-3-4-11(16-7-10)19-8-12(13,14)15/h3-4,7,9,17H,5-6,8H2,1-2H3. The summed E-state index contributed by atoms with van der Waals surface area (Å²) in [5.41, 5.74) is 0.725. The molecule has 1 rings (SSSR count). The second kappa shape index (κ2) is 7.18. The number of pyridine rings is 1. The smallest absolute Gasteiger partial charge is 0.422 e. The molecule has 0 aromatic carbocycles. The molecule has 4 nitrogen and oxygen atoms in total. The number of alkyl halides is 3. The van der Waals surface area contributed by atoms with Crippen LogP contribution in [0.5, 0.6) is 5.88 Å². The van der Waals surface area contributed by atoms with E-state index in [4.69, 9.17) is 4.74 Å². The van der Waals surface area contributed by atoms with Crippen LogP contribution < -0.4 is 10.1 Å². The number of anilines is 1. The fourth-order valence-corrected chi connectivity index (χ4v) is 1.36. The molecule has 1 heterocycles. The van der Waals surface area contributed by atoms with Crippen molar-refractivity contribution in [2.75, 3.05) is 25.6 Å². The third kappa shape index (κ3) is 6.85. The minimum absolute atomic E-state index is 0.0487. The van der Waals surface area contributed by atoms with Gasteiger partial charge in [0.2, 0.25) is 5.88 Å². The average Bonchev–Trinajstić information content (AvgIpc) is 2.34. The van der Waals surface area contributed by atoms with Gasteiger partial charge in [-0.2, -0.15) is 13.2 Å². The minimum Gasteiger partial charge on any atom is -0.468 e. The van der Waals surface area contributed by atoms with E-state index in [1.165, 1.54) is 12.3 Å². The molecule has 1 N–H and O–H groups in total. The number of hydrogen-bond acceptors (Lipinski definition) is 4. The van der Waals surface area contributed by atoms with E-state index in [-0.39, 0.29) is 11.9 Å². The Morgan fingerprint density at radius 3 is 2.63 bits per heavy atom. The zero-order valence-corrected chi connectivity index (χ0v) is 10.8. The SMILES string of the molecule is COCCC(C)Nc1ccc(OCC(F)(F)F)nc1. The van der Waals surface area contributed by atoms with Crippen molar-refractivity contribution in [1.29, 1.82) is 0 Å². The summed E-state index contributed by atoms with van der Waals surface area (Å²) in [6, 6.07) is 3.21. The number of rotatable bonds is 7. The highest BCUT2D eigenvalue weighted by Crippen LogP contribution is 2.18. The summed E-state index contributed by atoms with van der Waals surface area (Å²) in [7, 11) is 1.63. The zero-order chi connectivity index (χ0) is 14.3. The van der Waals surface area contributed by atoms with Crippen molar-refractivity contribution in [3.63, 3.8) is 0 Å². The molecule has 0 bridgehead atoms. The Hall–Kier alpha value is -1.50. The van der Waals surface area contributed by atoms with Crippen molar-refractivity contribution < 1.29 is 22.6 Å². The van der Waals surface area contributed by atoms with E-state index in [1.54, 1.807) is 13.2 Å². The molecule has 0 saturated heterocycles. The maximum absolute atomic E-state index is 11.9. The first kappa shape index (κ1) is 15.6. The normalized spacial score (nSPS) is 13.1. The highest BCUT2D eigenvalue weighted by Gasteiger charge is 2.28. The van der Waals surface area contributed by atoms with Crippen LogP contribution in [0.1, 0.15) is 13.3 Å². The van der Waals surface area contributed by atoms with Gasteiger partial charge in [-0.3, -0.25) is 0 Å². The van der Waals surface area contributed by atoms with Gasteiger partial charge in [0.15, 0.2) is 6.61 Å². The maximum atomic E-state index is 11.9. The predicted molar refractivity (Wildman–Crippen MR) is 65.4 cm³/mol. The number of halogens is 3. The summed E-state index contributed by atoms with van der Waals surface area (Å²) in [5, 5.41) is 3.16. The van der Waals surface area contributed by atoms with E-state index in [0.717, 1.165) is 12.1 Å². The summed E-state index contributed by atoms with van der Waals surface area (Å²) in [5.74, 6) is -0.0487. The average molecular weight is 278 g/mol. The van der Waals surface area contributed by atoms with Crippen molar-refractivity contribution in [3.8, 4) is 5.88 Å². The lowest BCUT2D eigenvalue weighted by molar-refractivity contribution is -0.154. The van der Waals surface area contributed by atoms with Crippen molar-refractivity contribution >= 4 is 5.69 Å². The lowest BCUT2D eigenvalue weighted by Crippen LogP contribution is -2.20. The van der Waals surface area contributed by atoms with Crippen LogP contribution in [0.4, 0.5) is 18.9 Å². The van der Waals surface area contributed by atoms with Crippen molar-refractivity contribution in [2.45, 2.75) is 25.6 Å². The van der Waals surface area contributed by atoms with Crippen molar-refractivity contribution in [3.05, 3.63) is 18.3 Å². The molecule has 0 spiro atoms. The quantitative estimate of drug-likeness (QED) is 0.833. The van der Waals surface area contributed by atoms with E-state index in [1.807, 2.05) is 6.92 Å². The molecule has 1 atom stereocenters. The van der Waals surface area contributed by atoms with E-state index >= 15 is 0 Å². The Morgan fingerprint density at radius 2 is 2.11 bits per heavy atom. The fraction of sp³-hybridized carbons (Fsp3) is 0.583. The van der Waals surface area contributed by atoms with Crippen molar-refractivity contribution in [2.24, 2.45) is 0 Å². The second-order valence-electron chi connectivity index (χ2n) is 4.12. The molecule has 0 saturated carbocycles. The van der Waals surface area contributed by atoms with Gasteiger partial charge < -0.3 is 14.8 Å². The second-order valence-corrected chi connectivity index (χ2v) is 4.12. The third-order valence-corrected chi connectivity index (χ3v) is 2.29. The largest absolute Gasteiger partial charge is 0.468 e. The number of nitrogens with zero attached hydrogens (tertiary/aromatic N) is 1. The lowest BCUT2D eigenvalue weighted by Gasteiger charge is -2.14. The van der Waals surface area contributed by atoms with Crippen LogP contribution in [-0.4, -0.2) is 37.5 Å². The molecule has 1 aromatic heterocycles. The molecular formula is C12H17F3N2O2. The number of methoxy groups -OCH3 is 1. The van der Waals surface area contributed by atoms with Gasteiger partial charge >= 0.3 is 6.18 Å². The Bertz CT molecular complexity index is 368. The maximum Gasteiger partial charge on any atom is 0.422 e. The molecule has 0 aliphatic rings. The highest BCUT2D eigenvalue weighted by molar-refractivity contribution is 5.42. The van der Waals surface area contributed by atoms with Gasteiger partial charge in [0.1, 0.15) is 0 Å². The molecule has 1 unspecified atom stereocenters. The fourth-order valence-electron chi connectivity index (χ4n) is 1.36. The highest BCUT2D eigenvalue weighted by atomic mass is 19.4. The monoisotopic (exact) mass is 278 g/mol. The topological polar surface area (TPSA) is 43.4 Å². The Labute approximate surface area is 109 Å². The van der Waals surface area contributed by atoms with Gasteiger partial charge in [-0.1, -0.05) is 0 Å². The number of ether oxygens (including phenoxy) is 2. The van der Waals surface area contributed by atoms with E-state index in [0.29, 0.717) is 6.61 Å². The number of hydrogen-bond donors (Lipinski definition) is 1. The minimum atomic E-state index is -4.35. The molecule has 1 aromatic rings. The molecule has 0 aliphatic heterocycles. The molecule has 0 amide bonds. The van der Waals surface area contributed by atoms with Crippen LogP contribution in [0.25, 0.3) is 0 Å². The van der Waals surface area contributed by atoms with E-state index in [2.05, 4.69) is 15.0 Å². The van der Waals surface area contributed by atoms with Crippen LogP contribution in [0.2, 0.25) is 0 Å². The molecular weight excluding hydrogens is 261 g/mol. The summed E-state index contributed by atoms with van der Waals surface area (Å²) >= 11 is 0. The van der Waals surface area contributed by atoms with Gasteiger partial charge in [0.25, 0.3) is 0 Å². The van der Waals surface area contributed by atoms with Crippen LogP contribution in [0.15, 0.2) is 18.3 Å². The Kier molecular flexibility index (Phi) is 5.88. The number of nitrogens with one attached hydrogen (secondary N) is 1. The van der Waals surface area contributed by atoms with Crippen molar-refractivity contribution in [1.82, 2.24) is 4.98 Å². The first-order valence-electron chi connectivity index (χ1n) is 5.82. The molecule has 19 heavy (non-hydrogen) atoms. The van der Waals surface area contributed by atoms with Gasteiger partial charge in [0, 0.05) is 25.8 Å². The summed E-state index contributed by atoms with van der Waals surface area (Å²) < 4.78 is 45.3. The van der Waals surface area contributed by atoms with Crippen LogP contribution in [-0.2, 0) is 4.74 Å². The van der Waals surface area contributed by atoms with Gasteiger partial charge in [0.05, 0.1) is 11.9 Å². The Morgan fingerprint density at radius 1 is 1.37 bits per heavy atom. The van der Waals surface area contributed by atoms with Gasteiger partial charge in [-0.15, -0.1) is 0 Å². The predicted octanol–water partition coefficient (Wildman–Crippen LogP) is 2.86. The molecule has 7 heteroatoms.